The summed E-state index contributed by atoms with van der Waals surface area (Å²) in [4.78, 5) is 44.6. The van der Waals surface area contributed by atoms with Crippen LogP contribution < -0.4 is 10.9 Å². The van der Waals surface area contributed by atoms with Crippen molar-refractivity contribution >= 4 is 11.9 Å². The normalized spacial score (nSPS) is 25.3. The van der Waals surface area contributed by atoms with Gasteiger partial charge in [0.1, 0.15) is 17.4 Å². The van der Waals surface area contributed by atoms with E-state index in [-0.39, 0.29) is 22.4 Å². The Morgan fingerprint density at radius 3 is 2.56 bits per heavy atom. The lowest BCUT2D eigenvalue weighted by Gasteiger charge is -2.38. The van der Waals surface area contributed by atoms with Crippen LogP contribution in [0.3, 0.4) is 0 Å². The van der Waals surface area contributed by atoms with Gasteiger partial charge in [-0.3, -0.25) is 14.4 Å². The monoisotopic (exact) mass is 346 g/mol. The summed E-state index contributed by atoms with van der Waals surface area (Å²) in [5.41, 5.74) is -0.329. The first-order valence-corrected chi connectivity index (χ1v) is 8.82. The number of H-pyrrole nitrogens is 1. The van der Waals surface area contributed by atoms with E-state index < -0.39 is 12.0 Å². The third-order valence-electron chi connectivity index (χ3n) is 5.78. The lowest BCUT2D eigenvalue weighted by Crippen LogP contribution is -2.45. The van der Waals surface area contributed by atoms with Crippen molar-refractivity contribution in [2.75, 3.05) is 19.6 Å². The van der Waals surface area contributed by atoms with Crippen LogP contribution in [0.1, 0.15) is 54.2 Å². The highest BCUT2D eigenvalue weighted by Gasteiger charge is 2.44. The lowest BCUT2D eigenvalue weighted by molar-refractivity contribution is -0.139. The predicted octanol–water partition coefficient (Wildman–Crippen LogP) is 0.316. The first-order valence-electron chi connectivity index (χ1n) is 8.82. The highest BCUT2D eigenvalue weighted by atomic mass is 16.4. The molecule has 1 saturated carbocycles. The molecule has 1 aromatic heterocycles. The summed E-state index contributed by atoms with van der Waals surface area (Å²) in [6.07, 6.45) is 5.58. The van der Waals surface area contributed by atoms with Gasteiger partial charge < -0.3 is 20.3 Å². The van der Waals surface area contributed by atoms with Gasteiger partial charge in [-0.15, -0.1) is 0 Å². The number of hydrogen-bond donors (Lipinski definition) is 3. The van der Waals surface area contributed by atoms with E-state index >= 15 is 0 Å². The van der Waals surface area contributed by atoms with Crippen molar-refractivity contribution in [2.24, 2.45) is 5.41 Å². The highest BCUT2D eigenvalue weighted by Crippen LogP contribution is 2.40. The molecule has 1 unspecified atom stereocenters. The van der Waals surface area contributed by atoms with Crippen LogP contribution in [0.2, 0.25) is 0 Å². The minimum absolute atomic E-state index is 0.0552. The summed E-state index contributed by atoms with van der Waals surface area (Å²) >= 11 is 0. The summed E-state index contributed by atoms with van der Waals surface area (Å²) < 4.78 is 0. The molecule has 134 valence electrons. The molecule has 1 atom stereocenters. The Labute approximate surface area is 144 Å². The minimum atomic E-state index is -0.816. The second-order valence-corrected chi connectivity index (χ2v) is 7.55. The van der Waals surface area contributed by atoms with Crippen molar-refractivity contribution in [3.63, 3.8) is 0 Å². The number of nitrogens with zero attached hydrogens (tertiary/aromatic N) is 2. The van der Waals surface area contributed by atoms with E-state index in [2.05, 4.69) is 15.3 Å². The maximum Gasteiger partial charge on any atom is 0.320 e. The average Bonchev–Trinajstić information content (AvgIpc) is 3.37. The maximum absolute atomic E-state index is 12.6. The topological polar surface area (TPSA) is 115 Å². The standard InChI is InChI=1S/C17H22N4O4/c22-14-11(8-18-13(20-14)10-1-2-10)15(23)21-5-3-17(4-6-21)7-12(16(24)25)19-9-17/h8,10,12,19H,1-7,9H2,(H,24,25)(H,18,20,22). The Morgan fingerprint density at radius 2 is 2.00 bits per heavy atom. The number of carbonyl (C=O) groups is 2. The van der Waals surface area contributed by atoms with Gasteiger partial charge in [-0.2, -0.15) is 0 Å². The van der Waals surface area contributed by atoms with E-state index in [1.54, 1.807) is 4.90 Å². The first kappa shape index (κ1) is 16.3. The Kier molecular flexibility index (Phi) is 3.87. The molecular weight excluding hydrogens is 324 g/mol. The molecule has 3 fully saturated rings. The molecule has 1 aliphatic carbocycles. The smallest absolute Gasteiger partial charge is 0.320 e. The summed E-state index contributed by atoms with van der Waals surface area (Å²) in [7, 11) is 0. The number of likely N-dealkylation sites (tertiary alicyclic amines) is 1. The summed E-state index contributed by atoms with van der Waals surface area (Å²) in [5.74, 6) is -0.0879. The van der Waals surface area contributed by atoms with Gasteiger partial charge >= 0.3 is 5.97 Å². The van der Waals surface area contributed by atoms with E-state index in [1.807, 2.05) is 0 Å². The number of hydrogen-bond acceptors (Lipinski definition) is 5. The molecule has 1 amide bonds. The number of aliphatic carboxylic acids is 1. The van der Waals surface area contributed by atoms with Gasteiger partial charge in [0, 0.05) is 31.7 Å². The maximum atomic E-state index is 12.6. The molecule has 3 aliphatic rings. The Morgan fingerprint density at radius 1 is 1.28 bits per heavy atom. The zero-order chi connectivity index (χ0) is 17.6. The van der Waals surface area contributed by atoms with Crippen molar-refractivity contribution in [1.82, 2.24) is 20.2 Å². The van der Waals surface area contributed by atoms with Crippen LogP contribution in [0.25, 0.3) is 0 Å². The fraction of sp³-hybridized carbons (Fsp3) is 0.647. The van der Waals surface area contributed by atoms with Crippen molar-refractivity contribution in [1.29, 1.82) is 0 Å². The van der Waals surface area contributed by atoms with Crippen LogP contribution in [0.5, 0.6) is 0 Å². The summed E-state index contributed by atoms with van der Waals surface area (Å²) in [5, 5.41) is 12.2. The number of nitrogens with one attached hydrogen (secondary N) is 2. The first-order chi connectivity index (χ1) is 12.0. The van der Waals surface area contributed by atoms with Gasteiger partial charge in [-0.05, 0) is 37.5 Å². The van der Waals surface area contributed by atoms with Crippen LogP contribution in [0.4, 0.5) is 0 Å². The van der Waals surface area contributed by atoms with Gasteiger partial charge in [-0.25, -0.2) is 4.98 Å². The fourth-order valence-corrected chi connectivity index (χ4v) is 3.95. The number of amides is 1. The number of carboxylic acids is 1. The van der Waals surface area contributed by atoms with E-state index in [9.17, 15) is 14.4 Å². The number of rotatable bonds is 3. The van der Waals surface area contributed by atoms with Crippen LogP contribution >= 0.6 is 0 Å². The molecule has 4 rings (SSSR count). The molecule has 3 heterocycles. The Bertz CT molecular complexity index is 762. The highest BCUT2D eigenvalue weighted by molar-refractivity contribution is 5.93. The van der Waals surface area contributed by atoms with Crippen molar-refractivity contribution in [3.8, 4) is 0 Å². The molecule has 25 heavy (non-hydrogen) atoms. The summed E-state index contributed by atoms with van der Waals surface area (Å²) in [6, 6.07) is -0.496. The largest absolute Gasteiger partial charge is 0.480 e. The number of carbonyl (C=O) groups excluding carboxylic acids is 1. The van der Waals surface area contributed by atoms with E-state index in [1.165, 1.54) is 6.20 Å². The van der Waals surface area contributed by atoms with Gasteiger partial charge in [-0.1, -0.05) is 0 Å². The predicted molar refractivity (Wildman–Crippen MR) is 88.4 cm³/mol. The second-order valence-electron chi connectivity index (χ2n) is 7.55. The second kappa shape index (κ2) is 5.94. The Hall–Kier alpha value is -2.22. The third kappa shape index (κ3) is 3.06. The van der Waals surface area contributed by atoms with Gasteiger partial charge in [0.05, 0.1) is 0 Å². The quantitative estimate of drug-likeness (QED) is 0.726. The zero-order valence-electron chi connectivity index (χ0n) is 14.0. The number of aromatic nitrogens is 2. The molecule has 3 N–H and O–H groups in total. The third-order valence-corrected chi connectivity index (χ3v) is 5.78. The number of aromatic amines is 1. The van der Waals surface area contributed by atoms with Crippen molar-refractivity contribution in [3.05, 3.63) is 27.9 Å². The molecule has 0 aromatic carbocycles. The van der Waals surface area contributed by atoms with Gasteiger partial charge in [0.2, 0.25) is 0 Å². The van der Waals surface area contributed by atoms with Crippen molar-refractivity contribution in [2.45, 2.75) is 44.1 Å². The molecule has 2 aliphatic heterocycles. The molecule has 1 aromatic rings. The van der Waals surface area contributed by atoms with E-state index in [4.69, 9.17) is 5.11 Å². The SMILES string of the molecule is O=C(O)C1CC2(CCN(C(=O)c3cnc(C4CC4)[nH]c3=O)CC2)CN1. The Balaban J connectivity index is 1.42. The van der Waals surface area contributed by atoms with Crippen LogP contribution in [-0.2, 0) is 4.79 Å². The molecule has 2 saturated heterocycles. The molecular formula is C17H22N4O4. The van der Waals surface area contributed by atoms with Gasteiger partial charge in [0.15, 0.2) is 0 Å². The number of carboxylic acid groups (broad SMARTS) is 1. The number of piperidine rings is 1. The molecule has 8 heteroatoms. The molecule has 0 bridgehead atoms. The zero-order valence-corrected chi connectivity index (χ0v) is 14.0. The summed E-state index contributed by atoms with van der Waals surface area (Å²) in [6.45, 7) is 1.75. The van der Waals surface area contributed by atoms with E-state index in [0.29, 0.717) is 37.8 Å². The average molecular weight is 346 g/mol. The van der Waals surface area contributed by atoms with Crippen LogP contribution in [-0.4, -0.2) is 57.5 Å². The van der Waals surface area contributed by atoms with Crippen molar-refractivity contribution < 1.29 is 14.7 Å². The van der Waals surface area contributed by atoms with Gasteiger partial charge in [0.25, 0.3) is 11.5 Å². The minimum Gasteiger partial charge on any atom is -0.480 e. The van der Waals surface area contributed by atoms with E-state index in [0.717, 1.165) is 25.7 Å². The van der Waals surface area contributed by atoms with Crippen LogP contribution in [0, 0.1) is 5.41 Å². The fourth-order valence-electron chi connectivity index (χ4n) is 3.95. The van der Waals surface area contributed by atoms with Crippen LogP contribution in [0.15, 0.2) is 11.0 Å². The molecule has 1 spiro atoms. The molecule has 0 radical (unpaired) electrons. The lowest BCUT2D eigenvalue weighted by atomic mass is 9.76. The molecule has 8 nitrogen and oxygen atoms in total.